The fourth-order valence-corrected chi connectivity index (χ4v) is 2.67. The van der Waals surface area contributed by atoms with Crippen LogP contribution in [0.1, 0.15) is 49.0 Å². The van der Waals surface area contributed by atoms with Gasteiger partial charge in [-0.2, -0.15) is 0 Å². The number of carbonyl (C=O) groups excluding carboxylic acids is 1. The van der Waals surface area contributed by atoms with Gasteiger partial charge in [-0.15, -0.1) is 0 Å². The second-order valence-electron chi connectivity index (χ2n) is 6.53. The van der Waals surface area contributed by atoms with Crippen LogP contribution in [0.25, 0.3) is 0 Å². The van der Waals surface area contributed by atoms with Gasteiger partial charge >= 0.3 is 0 Å². The first-order valence-corrected chi connectivity index (χ1v) is 9.69. The molecule has 0 spiro atoms. The van der Waals surface area contributed by atoms with Gasteiger partial charge in [0.1, 0.15) is 5.82 Å². The van der Waals surface area contributed by atoms with Crippen LogP contribution >= 0.6 is 0 Å². The summed E-state index contributed by atoms with van der Waals surface area (Å²) < 4.78 is 13.5. The van der Waals surface area contributed by atoms with E-state index in [-0.39, 0.29) is 18.3 Å². The third kappa shape index (κ3) is 8.86. The molecule has 0 saturated carbocycles. The zero-order chi connectivity index (χ0) is 20.1. The third-order valence-corrected chi connectivity index (χ3v) is 4.22. The smallest absolute Gasteiger partial charge is 0.251 e. The molecule has 6 nitrogen and oxygen atoms in total. The summed E-state index contributed by atoms with van der Waals surface area (Å²) in [6.45, 7) is 8.24. The number of aliphatic hydroxyl groups is 1. The van der Waals surface area contributed by atoms with Gasteiger partial charge in [0.25, 0.3) is 5.91 Å². The SMILES string of the molecule is CCCC(CCO)CN=C(NCC)NCCNC(=O)c1ccc(C)c(F)c1. The van der Waals surface area contributed by atoms with Crippen LogP contribution in [-0.2, 0) is 0 Å². The van der Waals surface area contributed by atoms with Gasteiger partial charge in [-0.25, -0.2) is 4.39 Å². The topological polar surface area (TPSA) is 85.8 Å². The molecule has 1 rings (SSSR count). The van der Waals surface area contributed by atoms with Crippen molar-refractivity contribution in [2.45, 2.75) is 40.0 Å². The molecule has 0 aromatic heterocycles. The molecule has 1 unspecified atom stereocenters. The molecule has 0 aliphatic rings. The van der Waals surface area contributed by atoms with Crippen molar-refractivity contribution in [2.24, 2.45) is 10.9 Å². The number of hydrogen-bond donors (Lipinski definition) is 4. The van der Waals surface area contributed by atoms with Gasteiger partial charge in [0.05, 0.1) is 0 Å². The molecule has 0 fully saturated rings. The van der Waals surface area contributed by atoms with E-state index in [0.717, 1.165) is 25.8 Å². The van der Waals surface area contributed by atoms with Gasteiger partial charge in [-0.3, -0.25) is 9.79 Å². The Morgan fingerprint density at radius 2 is 1.93 bits per heavy atom. The summed E-state index contributed by atoms with van der Waals surface area (Å²) in [4.78, 5) is 16.6. The van der Waals surface area contributed by atoms with Crippen LogP contribution in [0.4, 0.5) is 4.39 Å². The molecule has 0 bridgehead atoms. The molecule has 1 aromatic rings. The summed E-state index contributed by atoms with van der Waals surface area (Å²) in [5.74, 6) is 0.370. The summed E-state index contributed by atoms with van der Waals surface area (Å²) in [5, 5.41) is 18.2. The van der Waals surface area contributed by atoms with Crippen LogP contribution in [0.2, 0.25) is 0 Å². The second kappa shape index (κ2) is 13.1. The number of halogens is 1. The average Bonchev–Trinajstić information content (AvgIpc) is 2.65. The Kier molecular flexibility index (Phi) is 11.1. The van der Waals surface area contributed by atoms with Crippen LogP contribution < -0.4 is 16.0 Å². The van der Waals surface area contributed by atoms with Gasteiger partial charge in [0.15, 0.2) is 5.96 Å². The van der Waals surface area contributed by atoms with E-state index in [0.29, 0.717) is 42.6 Å². The fourth-order valence-electron chi connectivity index (χ4n) is 2.67. The number of aryl methyl sites for hydroxylation is 1. The maximum atomic E-state index is 13.5. The molecular weight excluding hydrogens is 347 g/mol. The van der Waals surface area contributed by atoms with E-state index in [1.165, 1.54) is 6.07 Å². The molecule has 1 aromatic carbocycles. The first kappa shape index (κ1) is 22.9. The number of nitrogens with zero attached hydrogens (tertiary/aromatic N) is 1. The Hall–Kier alpha value is -2.15. The predicted octanol–water partition coefficient (Wildman–Crippen LogP) is 2.22. The zero-order valence-corrected chi connectivity index (χ0v) is 16.6. The Labute approximate surface area is 161 Å². The number of aliphatic hydroxyl groups excluding tert-OH is 1. The third-order valence-electron chi connectivity index (χ3n) is 4.22. The highest BCUT2D eigenvalue weighted by atomic mass is 19.1. The molecule has 0 radical (unpaired) electrons. The Bertz CT molecular complexity index is 602. The summed E-state index contributed by atoms with van der Waals surface area (Å²) in [5.41, 5.74) is 0.826. The minimum Gasteiger partial charge on any atom is -0.396 e. The van der Waals surface area contributed by atoms with Crippen LogP contribution in [0.3, 0.4) is 0 Å². The number of benzene rings is 1. The second-order valence-corrected chi connectivity index (χ2v) is 6.53. The van der Waals surface area contributed by atoms with Crippen LogP contribution in [0.5, 0.6) is 0 Å². The van der Waals surface area contributed by atoms with Crippen molar-refractivity contribution in [3.05, 3.63) is 35.1 Å². The lowest BCUT2D eigenvalue weighted by atomic mass is 10.0. The lowest BCUT2D eigenvalue weighted by molar-refractivity contribution is 0.0954. The van der Waals surface area contributed by atoms with Crippen molar-refractivity contribution < 1.29 is 14.3 Å². The Morgan fingerprint density at radius 3 is 2.56 bits per heavy atom. The van der Waals surface area contributed by atoms with Crippen LogP contribution in [0.15, 0.2) is 23.2 Å². The summed E-state index contributed by atoms with van der Waals surface area (Å²) in [6.07, 6.45) is 2.85. The summed E-state index contributed by atoms with van der Waals surface area (Å²) in [6, 6.07) is 4.46. The number of hydrogen-bond acceptors (Lipinski definition) is 3. The highest BCUT2D eigenvalue weighted by molar-refractivity contribution is 5.94. The molecule has 0 aliphatic carbocycles. The molecule has 4 N–H and O–H groups in total. The van der Waals surface area contributed by atoms with E-state index in [1.807, 2.05) is 6.92 Å². The molecule has 27 heavy (non-hydrogen) atoms. The number of nitrogens with one attached hydrogen (secondary N) is 3. The highest BCUT2D eigenvalue weighted by Crippen LogP contribution is 2.11. The average molecular weight is 381 g/mol. The normalized spacial score (nSPS) is 12.6. The molecule has 0 aliphatic heterocycles. The lowest BCUT2D eigenvalue weighted by Gasteiger charge is -2.15. The van der Waals surface area contributed by atoms with Gasteiger partial charge in [0, 0.05) is 38.3 Å². The predicted molar refractivity (Wildman–Crippen MR) is 108 cm³/mol. The van der Waals surface area contributed by atoms with Crippen molar-refractivity contribution >= 4 is 11.9 Å². The number of guanidine groups is 1. The van der Waals surface area contributed by atoms with Crippen molar-refractivity contribution in [3.63, 3.8) is 0 Å². The lowest BCUT2D eigenvalue weighted by Crippen LogP contribution is -2.41. The van der Waals surface area contributed by atoms with Gasteiger partial charge in [-0.05, 0) is 50.3 Å². The molecular formula is C20H33FN4O2. The van der Waals surface area contributed by atoms with Crippen LogP contribution in [0, 0.1) is 18.7 Å². The quantitative estimate of drug-likeness (QED) is 0.269. The monoisotopic (exact) mass is 380 g/mol. The van der Waals surface area contributed by atoms with Crippen molar-refractivity contribution in [3.8, 4) is 0 Å². The van der Waals surface area contributed by atoms with Crippen LogP contribution in [-0.4, -0.2) is 49.8 Å². The van der Waals surface area contributed by atoms with E-state index >= 15 is 0 Å². The van der Waals surface area contributed by atoms with E-state index in [4.69, 9.17) is 5.11 Å². The Morgan fingerprint density at radius 1 is 1.19 bits per heavy atom. The first-order chi connectivity index (χ1) is 13.0. The van der Waals surface area contributed by atoms with Crippen molar-refractivity contribution in [1.29, 1.82) is 0 Å². The maximum absolute atomic E-state index is 13.5. The molecule has 152 valence electrons. The van der Waals surface area contributed by atoms with E-state index in [1.54, 1.807) is 19.1 Å². The maximum Gasteiger partial charge on any atom is 0.251 e. The number of rotatable bonds is 11. The summed E-state index contributed by atoms with van der Waals surface area (Å²) >= 11 is 0. The molecule has 0 saturated heterocycles. The van der Waals surface area contributed by atoms with Gasteiger partial charge < -0.3 is 21.1 Å². The molecule has 1 atom stereocenters. The highest BCUT2D eigenvalue weighted by Gasteiger charge is 2.09. The zero-order valence-electron chi connectivity index (χ0n) is 16.6. The number of carbonyl (C=O) groups is 1. The minimum absolute atomic E-state index is 0.176. The van der Waals surface area contributed by atoms with Crippen molar-refractivity contribution in [2.75, 3.05) is 32.8 Å². The standard InChI is InChI=1S/C20H33FN4O2/c1-4-6-16(9-12-26)14-25-20(22-5-2)24-11-10-23-19(27)17-8-7-15(3)18(21)13-17/h7-8,13,16,26H,4-6,9-12,14H2,1-3H3,(H,23,27)(H2,22,24,25). The van der Waals surface area contributed by atoms with Gasteiger partial charge in [0.2, 0.25) is 0 Å². The van der Waals surface area contributed by atoms with E-state index < -0.39 is 0 Å². The number of aliphatic imine (C=N–C) groups is 1. The Balaban J connectivity index is 2.46. The summed E-state index contributed by atoms with van der Waals surface area (Å²) in [7, 11) is 0. The van der Waals surface area contributed by atoms with E-state index in [9.17, 15) is 9.18 Å². The fraction of sp³-hybridized carbons (Fsp3) is 0.600. The molecule has 0 heterocycles. The molecule has 1 amide bonds. The van der Waals surface area contributed by atoms with Gasteiger partial charge in [-0.1, -0.05) is 19.4 Å². The first-order valence-electron chi connectivity index (χ1n) is 9.69. The molecule has 7 heteroatoms. The minimum atomic E-state index is -0.383. The largest absolute Gasteiger partial charge is 0.396 e. The van der Waals surface area contributed by atoms with Crippen molar-refractivity contribution in [1.82, 2.24) is 16.0 Å². The van der Waals surface area contributed by atoms with E-state index in [2.05, 4.69) is 27.9 Å². The number of amides is 1.